The Morgan fingerprint density at radius 1 is 0.967 bits per heavy atom. The van der Waals surface area contributed by atoms with Crippen molar-refractivity contribution in [1.82, 2.24) is 19.7 Å². The number of pyridine rings is 1. The van der Waals surface area contributed by atoms with Crippen LogP contribution in [0.4, 0.5) is 11.6 Å². The summed E-state index contributed by atoms with van der Waals surface area (Å²) in [5.74, 6) is 0.363. The summed E-state index contributed by atoms with van der Waals surface area (Å²) in [5.41, 5.74) is 2.39. The number of benzene rings is 1. The maximum absolute atomic E-state index is 12.7. The molecule has 0 atom stereocenters. The molecule has 2 amide bonds. The van der Waals surface area contributed by atoms with Gasteiger partial charge in [0.05, 0.1) is 6.20 Å². The lowest BCUT2D eigenvalue weighted by Gasteiger charge is -2.10. The van der Waals surface area contributed by atoms with Gasteiger partial charge >= 0.3 is 0 Å². The van der Waals surface area contributed by atoms with Crippen LogP contribution in [-0.2, 0) is 7.05 Å². The molecule has 0 bridgehead atoms. The molecular weight excluding hydrogens is 382 g/mol. The highest BCUT2D eigenvalue weighted by molar-refractivity contribution is 6.11. The van der Waals surface area contributed by atoms with Crippen LogP contribution in [0.3, 0.4) is 0 Å². The number of carbonyl (C=O) groups is 2. The molecule has 0 saturated carbocycles. The van der Waals surface area contributed by atoms with Crippen LogP contribution in [0, 0.1) is 12.3 Å². The molecule has 1 aliphatic rings. The quantitative estimate of drug-likeness (QED) is 0.343. The van der Waals surface area contributed by atoms with Crippen LogP contribution in [0.2, 0.25) is 0 Å². The zero-order chi connectivity index (χ0) is 21.3. The number of nitrogens with one attached hydrogen (secondary N) is 3. The lowest BCUT2D eigenvalue weighted by molar-refractivity contribution is 0.102. The number of hydrogen-bond acceptors (Lipinski definition) is 5. The molecule has 9 nitrogen and oxygen atoms in total. The van der Waals surface area contributed by atoms with Gasteiger partial charge in [0.1, 0.15) is 23.0 Å². The summed E-state index contributed by atoms with van der Waals surface area (Å²) in [4.78, 5) is 31.4. The first-order chi connectivity index (χ1) is 14.4. The largest absolute Gasteiger partial charge is 0.353 e. The fourth-order valence-corrected chi connectivity index (χ4v) is 2.89. The maximum Gasteiger partial charge on any atom is 0.262 e. The van der Waals surface area contributed by atoms with Crippen LogP contribution >= 0.6 is 0 Å². The highest BCUT2D eigenvalue weighted by atomic mass is 16.2. The van der Waals surface area contributed by atoms with Crippen LogP contribution in [0.15, 0.2) is 48.8 Å². The molecule has 1 fully saturated rings. The van der Waals surface area contributed by atoms with Crippen molar-refractivity contribution in [3.05, 3.63) is 71.0 Å². The Bertz CT molecular complexity index is 1110. The average Bonchev–Trinajstić information content (AvgIpc) is 3.53. The molecule has 0 unspecified atom stereocenters. The van der Waals surface area contributed by atoms with E-state index in [0.29, 0.717) is 17.2 Å². The van der Waals surface area contributed by atoms with Crippen molar-refractivity contribution in [3.63, 3.8) is 0 Å². The molecule has 1 saturated heterocycles. The molecule has 1 aromatic carbocycles. The third-order valence-electron chi connectivity index (χ3n) is 4.75. The van der Waals surface area contributed by atoms with E-state index in [-0.39, 0.29) is 17.3 Å². The molecule has 3 aromatic rings. The molecule has 0 radical (unpaired) electrons. The number of aryl methyl sites for hydroxylation is 2. The topological polar surface area (TPSA) is 116 Å². The first kappa shape index (κ1) is 19.3. The van der Waals surface area contributed by atoms with E-state index < -0.39 is 5.91 Å². The van der Waals surface area contributed by atoms with Crippen molar-refractivity contribution in [2.24, 2.45) is 7.05 Å². The molecule has 3 heterocycles. The molecule has 1 aliphatic heterocycles. The van der Waals surface area contributed by atoms with Gasteiger partial charge in [0.15, 0.2) is 0 Å². The monoisotopic (exact) mass is 403 g/mol. The van der Waals surface area contributed by atoms with Gasteiger partial charge in [0.25, 0.3) is 11.8 Å². The third kappa shape index (κ3) is 4.04. The minimum Gasteiger partial charge on any atom is -0.353 e. The first-order valence-electron chi connectivity index (χ1n) is 9.43. The van der Waals surface area contributed by atoms with Crippen molar-refractivity contribution >= 4 is 29.3 Å². The average molecular weight is 403 g/mol. The van der Waals surface area contributed by atoms with Crippen molar-refractivity contribution in [2.45, 2.75) is 6.92 Å². The Morgan fingerprint density at radius 2 is 1.67 bits per heavy atom. The summed E-state index contributed by atoms with van der Waals surface area (Å²) in [5, 5.41) is 17.6. The fraction of sp³-hybridized carbons (Fsp3) is 0.190. The van der Waals surface area contributed by atoms with Crippen molar-refractivity contribution < 1.29 is 9.59 Å². The molecule has 30 heavy (non-hydrogen) atoms. The van der Waals surface area contributed by atoms with Crippen LogP contribution in [0.25, 0.3) is 0 Å². The smallest absolute Gasteiger partial charge is 0.262 e. The summed E-state index contributed by atoms with van der Waals surface area (Å²) in [7, 11) is 1.64. The van der Waals surface area contributed by atoms with E-state index in [4.69, 9.17) is 5.41 Å². The number of nitrogens with zero attached hydrogens (tertiary/aromatic N) is 4. The van der Waals surface area contributed by atoms with Gasteiger partial charge < -0.3 is 15.5 Å². The van der Waals surface area contributed by atoms with Gasteiger partial charge in [0.2, 0.25) is 0 Å². The van der Waals surface area contributed by atoms with Crippen molar-refractivity contribution in [1.29, 1.82) is 5.41 Å². The third-order valence-corrected chi connectivity index (χ3v) is 4.75. The van der Waals surface area contributed by atoms with Gasteiger partial charge in [-0.2, -0.15) is 5.10 Å². The Balaban J connectivity index is 1.48. The molecule has 2 aromatic heterocycles. The lowest BCUT2D eigenvalue weighted by Crippen LogP contribution is -2.19. The van der Waals surface area contributed by atoms with Gasteiger partial charge in [-0.25, -0.2) is 4.98 Å². The van der Waals surface area contributed by atoms with Gasteiger partial charge in [-0.05, 0) is 30.7 Å². The number of rotatable bonds is 5. The Labute approximate surface area is 173 Å². The number of aromatic nitrogens is 3. The van der Waals surface area contributed by atoms with E-state index in [9.17, 15) is 9.59 Å². The SMILES string of the molecule is Cc1ccc(NC(=O)c2cnn(C)c2NC(=O)c2ccc(C(=N)N3CC3)cc2)nc1. The summed E-state index contributed by atoms with van der Waals surface area (Å²) < 4.78 is 1.43. The summed E-state index contributed by atoms with van der Waals surface area (Å²) in [6, 6.07) is 10.4. The van der Waals surface area contributed by atoms with Crippen LogP contribution in [-0.4, -0.2) is 50.4 Å². The van der Waals surface area contributed by atoms with Crippen LogP contribution in [0.1, 0.15) is 31.8 Å². The highest BCUT2D eigenvalue weighted by Gasteiger charge is 2.22. The predicted octanol–water partition coefficient (Wildman–Crippen LogP) is 2.27. The number of anilines is 2. The summed E-state index contributed by atoms with van der Waals surface area (Å²) in [6.07, 6.45) is 3.05. The van der Waals surface area contributed by atoms with Crippen molar-refractivity contribution in [2.75, 3.05) is 23.7 Å². The Hall–Kier alpha value is -4.01. The van der Waals surface area contributed by atoms with Gasteiger partial charge in [-0.1, -0.05) is 18.2 Å². The molecule has 152 valence electrons. The van der Waals surface area contributed by atoms with E-state index >= 15 is 0 Å². The minimum atomic E-state index is -0.419. The van der Waals surface area contributed by atoms with E-state index in [1.54, 1.807) is 43.6 Å². The molecular formula is C21H21N7O2. The summed E-state index contributed by atoms with van der Waals surface area (Å²) in [6.45, 7) is 3.70. The Morgan fingerprint density at radius 3 is 2.30 bits per heavy atom. The van der Waals surface area contributed by atoms with Crippen molar-refractivity contribution in [3.8, 4) is 0 Å². The fourth-order valence-electron chi connectivity index (χ4n) is 2.89. The zero-order valence-electron chi connectivity index (χ0n) is 16.6. The highest BCUT2D eigenvalue weighted by Crippen LogP contribution is 2.18. The Kier molecular flexibility index (Phi) is 5.01. The second kappa shape index (κ2) is 7.78. The van der Waals surface area contributed by atoms with Crippen LogP contribution in [0.5, 0.6) is 0 Å². The number of amides is 2. The predicted molar refractivity (Wildman–Crippen MR) is 113 cm³/mol. The lowest BCUT2D eigenvalue weighted by atomic mass is 10.1. The van der Waals surface area contributed by atoms with Gasteiger partial charge in [0, 0.05) is 37.5 Å². The van der Waals surface area contributed by atoms with E-state index in [2.05, 4.69) is 20.7 Å². The summed E-state index contributed by atoms with van der Waals surface area (Å²) >= 11 is 0. The molecule has 0 aliphatic carbocycles. The van der Waals surface area contributed by atoms with E-state index in [0.717, 1.165) is 24.2 Å². The van der Waals surface area contributed by atoms with Gasteiger partial charge in [-0.15, -0.1) is 0 Å². The molecule has 3 N–H and O–H groups in total. The van der Waals surface area contributed by atoms with E-state index in [1.165, 1.54) is 10.9 Å². The number of hydrogen-bond donors (Lipinski definition) is 3. The first-order valence-corrected chi connectivity index (χ1v) is 9.43. The van der Waals surface area contributed by atoms with Crippen LogP contribution < -0.4 is 10.6 Å². The zero-order valence-corrected chi connectivity index (χ0v) is 16.6. The molecule has 4 rings (SSSR count). The molecule has 9 heteroatoms. The molecule has 0 spiro atoms. The van der Waals surface area contributed by atoms with E-state index in [1.807, 2.05) is 17.9 Å². The standard InChI is InChI=1S/C21H21N7O2/c1-13-3-8-17(23-11-13)25-21(30)16-12-24-27(2)19(16)26-20(29)15-6-4-14(5-7-15)18(22)28-9-10-28/h3-8,11-12,22H,9-10H2,1-2H3,(H,26,29)(H,23,25,30). The minimum absolute atomic E-state index is 0.230. The maximum atomic E-state index is 12.7. The van der Waals surface area contributed by atoms with Gasteiger partial charge in [-0.3, -0.25) is 19.7 Å². The number of carbonyl (C=O) groups excluding carboxylic acids is 2. The second-order valence-corrected chi connectivity index (χ2v) is 7.07. The normalized spacial score (nSPS) is 12.4. The number of amidine groups is 1. The second-order valence-electron chi connectivity index (χ2n) is 7.07.